The molecule has 0 bridgehead atoms. The Kier molecular flexibility index (Phi) is 6.53. The van der Waals surface area contributed by atoms with E-state index in [1.54, 1.807) is 23.1 Å². The van der Waals surface area contributed by atoms with Crippen LogP contribution in [0.15, 0.2) is 42.5 Å². The van der Waals surface area contributed by atoms with E-state index in [1.165, 1.54) is 11.6 Å². The molecule has 1 amide bonds. The molecule has 2 heterocycles. The fourth-order valence-electron chi connectivity index (χ4n) is 4.79. The third-order valence-corrected chi connectivity index (χ3v) is 7.10. The number of sulfonamides is 1. The van der Waals surface area contributed by atoms with E-state index in [2.05, 4.69) is 9.62 Å². The third-order valence-electron chi connectivity index (χ3n) is 6.49. The van der Waals surface area contributed by atoms with Gasteiger partial charge in [0.15, 0.2) is 0 Å². The van der Waals surface area contributed by atoms with Crippen LogP contribution < -0.4 is 4.72 Å². The molecule has 1 N–H and O–H groups in total. The van der Waals surface area contributed by atoms with E-state index in [4.69, 9.17) is 0 Å². The topological polar surface area (TPSA) is 69.7 Å². The van der Waals surface area contributed by atoms with Crippen LogP contribution in [0.2, 0.25) is 0 Å². The first-order valence-corrected chi connectivity index (χ1v) is 12.9. The van der Waals surface area contributed by atoms with E-state index in [9.17, 15) is 17.6 Å². The van der Waals surface area contributed by atoms with Gasteiger partial charge < -0.3 is 4.90 Å². The van der Waals surface area contributed by atoms with Gasteiger partial charge in [0.25, 0.3) is 0 Å². The van der Waals surface area contributed by atoms with Crippen LogP contribution >= 0.6 is 0 Å². The maximum atomic E-state index is 14.2. The zero-order chi connectivity index (χ0) is 22.9. The molecule has 2 fully saturated rings. The predicted molar refractivity (Wildman–Crippen MR) is 123 cm³/mol. The number of amides is 1. The van der Waals surface area contributed by atoms with Crippen molar-refractivity contribution in [2.75, 3.05) is 30.6 Å². The number of nitrogens with zero attached hydrogens (tertiary/aromatic N) is 2. The lowest BCUT2D eigenvalue weighted by Gasteiger charge is -2.35. The molecule has 2 aliphatic rings. The summed E-state index contributed by atoms with van der Waals surface area (Å²) in [5, 5.41) is 0. The number of piperidine rings is 1. The fourth-order valence-corrected chi connectivity index (χ4v) is 5.35. The highest BCUT2D eigenvalue weighted by Gasteiger charge is 2.37. The minimum absolute atomic E-state index is 0.0969. The summed E-state index contributed by atoms with van der Waals surface area (Å²) in [5.41, 5.74) is 3.20. The molecule has 0 radical (unpaired) electrons. The zero-order valence-corrected chi connectivity index (χ0v) is 19.4. The van der Waals surface area contributed by atoms with Gasteiger partial charge in [0.05, 0.1) is 12.3 Å². The van der Waals surface area contributed by atoms with Gasteiger partial charge in [-0.1, -0.05) is 24.3 Å². The number of aryl methyl sites for hydroxylation is 1. The molecule has 2 aliphatic heterocycles. The molecule has 0 aliphatic carbocycles. The number of likely N-dealkylation sites (tertiary alicyclic amines) is 2. The molecule has 0 unspecified atom stereocenters. The molecule has 2 saturated heterocycles. The van der Waals surface area contributed by atoms with Gasteiger partial charge in [-0.05, 0) is 74.5 Å². The van der Waals surface area contributed by atoms with Crippen LogP contribution in [-0.2, 0) is 21.4 Å². The van der Waals surface area contributed by atoms with E-state index in [0.717, 1.165) is 44.2 Å². The summed E-state index contributed by atoms with van der Waals surface area (Å²) in [5.74, 6) is 0.243. The molecule has 4 rings (SSSR count). The van der Waals surface area contributed by atoms with Crippen molar-refractivity contribution in [3.8, 4) is 0 Å². The number of hydrogen-bond donors (Lipinski definition) is 1. The minimum atomic E-state index is -3.28. The van der Waals surface area contributed by atoms with Gasteiger partial charge >= 0.3 is 0 Å². The predicted octanol–water partition coefficient (Wildman–Crippen LogP) is 3.49. The van der Waals surface area contributed by atoms with Crippen molar-refractivity contribution >= 4 is 21.6 Å². The number of halogens is 1. The molecule has 0 saturated carbocycles. The Bertz CT molecular complexity index is 1080. The Labute approximate surface area is 189 Å². The van der Waals surface area contributed by atoms with E-state index < -0.39 is 10.0 Å². The van der Waals surface area contributed by atoms with Crippen molar-refractivity contribution < 1.29 is 17.6 Å². The molecular formula is C24H30FN3O3S. The van der Waals surface area contributed by atoms with Crippen molar-refractivity contribution in [2.24, 2.45) is 0 Å². The lowest BCUT2D eigenvalue weighted by atomic mass is 9.88. The standard InChI is InChI=1S/C24H30FN3O3S/c1-17-3-4-20(22(25)15-17)16-28-14-11-23(24(28)29)27-12-9-19(10-13-27)18-5-7-21(8-6-18)26-32(2,30)31/h3-8,15,19,23,26H,9-14,16H2,1-2H3/t23-/m1/s1. The molecule has 32 heavy (non-hydrogen) atoms. The summed E-state index contributed by atoms with van der Waals surface area (Å²) in [6.07, 6.45) is 3.83. The van der Waals surface area contributed by atoms with Gasteiger partial charge in [0.1, 0.15) is 5.82 Å². The van der Waals surface area contributed by atoms with Gasteiger partial charge in [-0.3, -0.25) is 14.4 Å². The summed E-state index contributed by atoms with van der Waals surface area (Å²) in [7, 11) is -3.28. The van der Waals surface area contributed by atoms with Crippen LogP contribution in [0, 0.1) is 12.7 Å². The van der Waals surface area contributed by atoms with Crippen LogP contribution in [0.4, 0.5) is 10.1 Å². The Balaban J connectivity index is 1.32. The smallest absolute Gasteiger partial charge is 0.240 e. The van der Waals surface area contributed by atoms with Crippen molar-refractivity contribution in [3.63, 3.8) is 0 Å². The third kappa shape index (κ3) is 5.30. The lowest BCUT2D eigenvalue weighted by Crippen LogP contribution is -2.45. The summed E-state index contributed by atoms with van der Waals surface area (Å²) in [6, 6.07) is 12.6. The van der Waals surface area contributed by atoms with Crippen molar-refractivity contribution in [1.82, 2.24) is 9.80 Å². The molecule has 0 spiro atoms. The molecular weight excluding hydrogens is 429 g/mol. The normalized spacial score (nSPS) is 20.7. The summed E-state index contributed by atoms with van der Waals surface area (Å²) < 4.78 is 39.4. The van der Waals surface area contributed by atoms with Crippen LogP contribution in [-0.4, -0.2) is 56.1 Å². The van der Waals surface area contributed by atoms with Gasteiger partial charge in [0.2, 0.25) is 15.9 Å². The highest BCUT2D eigenvalue weighted by molar-refractivity contribution is 7.92. The molecule has 6 nitrogen and oxygen atoms in total. The SMILES string of the molecule is Cc1ccc(CN2CC[C@@H](N3CCC(c4ccc(NS(C)(=O)=O)cc4)CC3)C2=O)c(F)c1. The summed E-state index contributed by atoms with van der Waals surface area (Å²) in [4.78, 5) is 17.0. The van der Waals surface area contributed by atoms with E-state index >= 15 is 0 Å². The van der Waals surface area contributed by atoms with E-state index in [1.807, 2.05) is 25.1 Å². The first-order chi connectivity index (χ1) is 15.2. The van der Waals surface area contributed by atoms with Crippen LogP contribution in [0.25, 0.3) is 0 Å². The number of nitrogens with one attached hydrogen (secondary N) is 1. The largest absolute Gasteiger partial charge is 0.337 e. The number of carbonyl (C=O) groups is 1. The Morgan fingerprint density at radius 1 is 1.03 bits per heavy atom. The average molecular weight is 460 g/mol. The fraction of sp³-hybridized carbons (Fsp3) is 0.458. The van der Waals surface area contributed by atoms with Gasteiger partial charge in [-0.2, -0.15) is 0 Å². The highest BCUT2D eigenvalue weighted by atomic mass is 32.2. The van der Waals surface area contributed by atoms with Crippen LogP contribution in [0.3, 0.4) is 0 Å². The second kappa shape index (κ2) is 9.19. The van der Waals surface area contributed by atoms with Gasteiger partial charge in [-0.15, -0.1) is 0 Å². The zero-order valence-electron chi connectivity index (χ0n) is 18.6. The molecule has 8 heteroatoms. The molecule has 172 valence electrons. The minimum Gasteiger partial charge on any atom is -0.337 e. The molecule has 0 aromatic heterocycles. The maximum absolute atomic E-state index is 14.2. The highest BCUT2D eigenvalue weighted by Crippen LogP contribution is 2.32. The van der Waals surface area contributed by atoms with Gasteiger partial charge in [0, 0.05) is 24.3 Å². The first-order valence-electron chi connectivity index (χ1n) is 11.1. The molecule has 2 aromatic rings. The second-order valence-corrected chi connectivity index (χ2v) is 10.7. The van der Waals surface area contributed by atoms with Gasteiger partial charge in [-0.25, -0.2) is 12.8 Å². The summed E-state index contributed by atoms with van der Waals surface area (Å²) >= 11 is 0. The Hall–Kier alpha value is -2.45. The monoisotopic (exact) mass is 459 g/mol. The Morgan fingerprint density at radius 2 is 1.72 bits per heavy atom. The van der Waals surface area contributed by atoms with E-state index in [0.29, 0.717) is 30.3 Å². The maximum Gasteiger partial charge on any atom is 0.240 e. The van der Waals surface area contributed by atoms with Crippen molar-refractivity contribution in [2.45, 2.75) is 44.7 Å². The average Bonchev–Trinajstić information content (AvgIpc) is 3.10. The number of carbonyl (C=O) groups excluding carboxylic acids is 1. The number of rotatable bonds is 6. The van der Waals surface area contributed by atoms with Crippen molar-refractivity contribution in [3.05, 3.63) is 65.0 Å². The number of benzene rings is 2. The van der Waals surface area contributed by atoms with Crippen LogP contribution in [0.1, 0.15) is 41.9 Å². The van der Waals surface area contributed by atoms with Crippen LogP contribution in [0.5, 0.6) is 0 Å². The first kappa shape index (κ1) is 22.7. The van der Waals surface area contributed by atoms with Crippen molar-refractivity contribution in [1.29, 1.82) is 0 Å². The second-order valence-electron chi connectivity index (χ2n) is 8.97. The quantitative estimate of drug-likeness (QED) is 0.718. The Morgan fingerprint density at radius 3 is 2.34 bits per heavy atom. The van der Waals surface area contributed by atoms with E-state index in [-0.39, 0.29) is 17.8 Å². The summed E-state index contributed by atoms with van der Waals surface area (Å²) in [6.45, 7) is 4.53. The molecule has 1 atom stereocenters. The lowest BCUT2D eigenvalue weighted by molar-refractivity contribution is -0.133. The number of anilines is 1. The molecule has 2 aromatic carbocycles. The number of hydrogen-bond acceptors (Lipinski definition) is 4.